The largest absolute Gasteiger partial charge is 0.478 e. The molecule has 0 saturated carbocycles. The molecule has 1 aliphatic heterocycles. The predicted octanol–water partition coefficient (Wildman–Crippen LogP) is 2.74. The van der Waals surface area contributed by atoms with Gasteiger partial charge in [0.2, 0.25) is 0 Å². The quantitative estimate of drug-likeness (QED) is 0.858. The van der Waals surface area contributed by atoms with Crippen LogP contribution in [-0.4, -0.2) is 42.7 Å². The predicted molar refractivity (Wildman–Crippen MR) is 78.2 cm³/mol. The Morgan fingerprint density at radius 2 is 2.00 bits per heavy atom. The molecule has 1 unspecified atom stereocenters. The van der Waals surface area contributed by atoms with E-state index in [2.05, 4.69) is 0 Å². The molecule has 0 bridgehead atoms. The third-order valence-electron chi connectivity index (χ3n) is 3.47. The highest BCUT2D eigenvalue weighted by molar-refractivity contribution is 6.30. The minimum Gasteiger partial charge on any atom is -0.478 e. The van der Waals surface area contributed by atoms with Gasteiger partial charge in [-0.3, -0.25) is 4.79 Å². The highest BCUT2D eigenvalue weighted by atomic mass is 35.5. The highest BCUT2D eigenvalue weighted by Gasteiger charge is 2.37. The monoisotopic (exact) mass is 297 g/mol. The Kier molecular flexibility index (Phi) is 4.55. The van der Waals surface area contributed by atoms with E-state index >= 15 is 0 Å². The smallest absolute Gasteiger partial charge is 0.266 e. The van der Waals surface area contributed by atoms with Gasteiger partial charge in [0, 0.05) is 25.2 Å². The molecule has 0 aliphatic carbocycles. The summed E-state index contributed by atoms with van der Waals surface area (Å²) in [5.41, 5.74) is -0.906. The molecular weight excluding hydrogens is 278 g/mol. The van der Waals surface area contributed by atoms with Crippen molar-refractivity contribution in [2.75, 3.05) is 20.2 Å². The first kappa shape index (κ1) is 15.1. The van der Waals surface area contributed by atoms with E-state index in [-0.39, 0.29) is 12.0 Å². The van der Waals surface area contributed by atoms with Crippen LogP contribution in [0.2, 0.25) is 5.02 Å². The van der Waals surface area contributed by atoms with Gasteiger partial charge in [0.05, 0.1) is 6.10 Å². The Balaban J connectivity index is 2.02. The number of carbonyl (C=O) groups excluding carboxylic acids is 1. The fourth-order valence-electron chi connectivity index (χ4n) is 2.33. The lowest BCUT2D eigenvalue weighted by molar-refractivity contribution is -0.144. The minimum absolute atomic E-state index is 0.0213. The van der Waals surface area contributed by atoms with Crippen LogP contribution >= 0.6 is 11.6 Å². The molecule has 1 aliphatic rings. The van der Waals surface area contributed by atoms with Crippen molar-refractivity contribution in [3.05, 3.63) is 29.3 Å². The number of carbonyl (C=O) groups is 1. The maximum Gasteiger partial charge on any atom is 0.266 e. The van der Waals surface area contributed by atoms with Crippen LogP contribution < -0.4 is 4.74 Å². The average molecular weight is 298 g/mol. The van der Waals surface area contributed by atoms with Crippen LogP contribution in [-0.2, 0) is 9.53 Å². The van der Waals surface area contributed by atoms with Crippen LogP contribution in [0.4, 0.5) is 0 Å². The topological polar surface area (TPSA) is 38.8 Å². The number of nitrogens with zero attached hydrogens (tertiary/aromatic N) is 1. The molecule has 1 aromatic rings. The number of methoxy groups -OCH3 is 1. The van der Waals surface area contributed by atoms with Crippen LogP contribution in [0.5, 0.6) is 5.75 Å². The van der Waals surface area contributed by atoms with E-state index < -0.39 is 5.60 Å². The molecule has 4 nitrogen and oxygen atoms in total. The first-order valence-corrected chi connectivity index (χ1v) is 7.07. The van der Waals surface area contributed by atoms with Crippen molar-refractivity contribution in [3.8, 4) is 5.75 Å². The van der Waals surface area contributed by atoms with E-state index in [1.165, 1.54) is 0 Å². The molecule has 110 valence electrons. The van der Waals surface area contributed by atoms with Crippen molar-refractivity contribution in [1.82, 2.24) is 4.90 Å². The van der Waals surface area contributed by atoms with Gasteiger partial charge in [0.15, 0.2) is 5.60 Å². The van der Waals surface area contributed by atoms with E-state index in [1.807, 2.05) is 0 Å². The second-order valence-electron chi connectivity index (χ2n) is 5.46. The summed E-state index contributed by atoms with van der Waals surface area (Å²) in [5.74, 6) is 0.613. The van der Waals surface area contributed by atoms with Gasteiger partial charge in [-0.25, -0.2) is 0 Å². The molecule has 1 saturated heterocycles. The van der Waals surface area contributed by atoms with Crippen LogP contribution in [0.15, 0.2) is 24.3 Å². The molecule has 1 aromatic carbocycles. The number of rotatable bonds is 4. The summed E-state index contributed by atoms with van der Waals surface area (Å²) in [6.45, 7) is 4.90. The molecule has 1 heterocycles. The lowest BCUT2D eigenvalue weighted by atomic mass is 10.1. The van der Waals surface area contributed by atoms with Crippen molar-refractivity contribution in [2.24, 2.45) is 0 Å². The Labute approximate surface area is 124 Å². The van der Waals surface area contributed by atoms with Crippen LogP contribution in [0.1, 0.15) is 20.3 Å². The van der Waals surface area contributed by atoms with E-state index in [9.17, 15) is 4.79 Å². The molecular formula is C15H20ClNO3. The fourth-order valence-corrected chi connectivity index (χ4v) is 2.45. The molecule has 0 N–H and O–H groups in total. The Hall–Kier alpha value is -1.26. The number of benzene rings is 1. The van der Waals surface area contributed by atoms with Crippen LogP contribution in [0, 0.1) is 0 Å². The molecule has 0 spiro atoms. The molecule has 1 atom stereocenters. The number of amides is 1. The van der Waals surface area contributed by atoms with Gasteiger partial charge in [-0.15, -0.1) is 0 Å². The third kappa shape index (κ3) is 3.44. The number of hydrogen-bond donors (Lipinski definition) is 0. The summed E-state index contributed by atoms with van der Waals surface area (Å²) >= 11 is 5.84. The summed E-state index contributed by atoms with van der Waals surface area (Å²) in [6, 6.07) is 7.01. The summed E-state index contributed by atoms with van der Waals surface area (Å²) in [7, 11) is 1.67. The number of likely N-dealkylation sites (tertiary alicyclic amines) is 1. The van der Waals surface area contributed by atoms with Gasteiger partial charge in [0.25, 0.3) is 5.91 Å². The van der Waals surface area contributed by atoms with Gasteiger partial charge in [-0.1, -0.05) is 11.6 Å². The van der Waals surface area contributed by atoms with Gasteiger partial charge < -0.3 is 14.4 Å². The van der Waals surface area contributed by atoms with Crippen LogP contribution in [0.3, 0.4) is 0 Å². The minimum atomic E-state index is -0.906. The lowest BCUT2D eigenvalue weighted by Gasteiger charge is -2.30. The first-order valence-electron chi connectivity index (χ1n) is 6.69. The maximum absolute atomic E-state index is 12.5. The standard InChI is InChI=1S/C15H20ClNO3/c1-15(2,20-12-6-4-11(16)5-7-12)14(18)17-9-8-13(10-17)19-3/h4-7,13H,8-10H2,1-3H3. The Morgan fingerprint density at radius 1 is 1.35 bits per heavy atom. The lowest BCUT2D eigenvalue weighted by Crippen LogP contribution is -2.48. The SMILES string of the molecule is COC1CCN(C(=O)C(C)(C)Oc2ccc(Cl)cc2)C1. The molecule has 0 radical (unpaired) electrons. The van der Waals surface area contributed by atoms with Gasteiger partial charge in [0.1, 0.15) is 5.75 Å². The van der Waals surface area contributed by atoms with Crippen molar-refractivity contribution in [2.45, 2.75) is 32.0 Å². The van der Waals surface area contributed by atoms with Gasteiger partial charge >= 0.3 is 0 Å². The summed E-state index contributed by atoms with van der Waals surface area (Å²) in [4.78, 5) is 14.3. The maximum atomic E-state index is 12.5. The van der Waals surface area contributed by atoms with E-state index in [0.717, 1.165) is 6.42 Å². The van der Waals surface area contributed by atoms with E-state index in [4.69, 9.17) is 21.1 Å². The Bertz CT molecular complexity index is 473. The van der Waals surface area contributed by atoms with Crippen molar-refractivity contribution >= 4 is 17.5 Å². The summed E-state index contributed by atoms with van der Waals surface area (Å²) < 4.78 is 11.1. The fraction of sp³-hybridized carbons (Fsp3) is 0.533. The first-order chi connectivity index (χ1) is 9.42. The zero-order chi connectivity index (χ0) is 14.8. The second-order valence-corrected chi connectivity index (χ2v) is 5.90. The molecule has 1 fully saturated rings. The summed E-state index contributed by atoms with van der Waals surface area (Å²) in [6.07, 6.45) is 1.00. The van der Waals surface area contributed by atoms with Crippen LogP contribution in [0.25, 0.3) is 0 Å². The van der Waals surface area contributed by atoms with Crippen molar-refractivity contribution in [3.63, 3.8) is 0 Å². The van der Waals surface area contributed by atoms with E-state index in [0.29, 0.717) is 23.9 Å². The highest BCUT2D eigenvalue weighted by Crippen LogP contribution is 2.24. The molecule has 5 heteroatoms. The van der Waals surface area contributed by atoms with Crippen molar-refractivity contribution in [1.29, 1.82) is 0 Å². The van der Waals surface area contributed by atoms with Gasteiger partial charge in [-0.2, -0.15) is 0 Å². The summed E-state index contributed by atoms with van der Waals surface area (Å²) in [5, 5.41) is 0.643. The average Bonchev–Trinajstić information content (AvgIpc) is 2.89. The molecule has 1 amide bonds. The van der Waals surface area contributed by atoms with Crippen molar-refractivity contribution < 1.29 is 14.3 Å². The third-order valence-corrected chi connectivity index (χ3v) is 3.72. The molecule has 0 aromatic heterocycles. The molecule has 2 rings (SSSR count). The second kappa shape index (κ2) is 6.02. The number of halogens is 1. The normalized spacial score (nSPS) is 19.2. The Morgan fingerprint density at radius 3 is 2.55 bits per heavy atom. The number of ether oxygens (including phenoxy) is 2. The zero-order valence-electron chi connectivity index (χ0n) is 12.1. The van der Waals surface area contributed by atoms with Gasteiger partial charge in [-0.05, 0) is 44.5 Å². The van der Waals surface area contributed by atoms with E-state index in [1.54, 1.807) is 50.1 Å². The zero-order valence-corrected chi connectivity index (χ0v) is 12.8. The number of hydrogen-bond acceptors (Lipinski definition) is 3. The molecule has 20 heavy (non-hydrogen) atoms.